The van der Waals surface area contributed by atoms with Gasteiger partial charge in [-0.05, 0) is 49.3 Å². The molecule has 0 fully saturated rings. The second-order valence-electron chi connectivity index (χ2n) is 5.92. The van der Waals surface area contributed by atoms with E-state index in [2.05, 4.69) is 41.9 Å². The van der Waals surface area contributed by atoms with E-state index in [1.54, 1.807) is 11.3 Å². The van der Waals surface area contributed by atoms with E-state index in [0.717, 1.165) is 35.6 Å². The van der Waals surface area contributed by atoms with Crippen LogP contribution in [0.3, 0.4) is 0 Å². The predicted molar refractivity (Wildman–Crippen MR) is 102 cm³/mol. The van der Waals surface area contributed by atoms with Gasteiger partial charge in [0.1, 0.15) is 5.75 Å². The van der Waals surface area contributed by atoms with Gasteiger partial charge in [-0.1, -0.05) is 55.9 Å². The molecule has 0 atom stereocenters. The molecular weight excluding hydrogens is 316 g/mol. The smallest absolute Gasteiger partial charge is 0.279 e. The summed E-state index contributed by atoms with van der Waals surface area (Å²) in [7, 11) is 0. The molecule has 0 aliphatic rings. The monoisotopic (exact) mass is 340 g/mol. The molecule has 4 heteroatoms. The molecule has 0 saturated heterocycles. The zero-order valence-electron chi connectivity index (χ0n) is 14.4. The van der Waals surface area contributed by atoms with Crippen LogP contribution in [0, 0.1) is 0 Å². The Morgan fingerprint density at radius 2 is 1.83 bits per heavy atom. The molecule has 0 saturated carbocycles. The highest BCUT2D eigenvalue weighted by Crippen LogP contribution is 2.31. The molecule has 0 spiro atoms. The van der Waals surface area contributed by atoms with E-state index in [1.807, 2.05) is 30.3 Å². The Morgan fingerprint density at radius 3 is 2.54 bits per heavy atom. The van der Waals surface area contributed by atoms with Crippen molar-refractivity contribution in [1.82, 2.24) is 9.88 Å². The molecule has 1 aromatic heterocycles. The highest BCUT2D eigenvalue weighted by atomic mass is 32.1. The van der Waals surface area contributed by atoms with E-state index < -0.39 is 0 Å². The minimum absolute atomic E-state index is 0.696. The summed E-state index contributed by atoms with van der Waals surface area (Å²) in [6.07, 6.45) is 2.50. The Labute approximate surface area is 147 Å². The molecule has 0 amide bonds. The molecular formula is C20H24N2OS. The van der Waals surface area contributed by atoms with Gasteiger partial charge in [0.05, 0.1) is 10.2 Å². The zero-order chi connectivity index (χ0) is 16.8. The van der Waals surface area contributed by atoms with Gasteiger partial charge in [-0.3, -0.25) is 4.90 Å². The number of fused-ring (bicyclic) bond motifs is 1. The lowest BCUT2D eigenvalue weighted by molar-refractivity contribution is 0.275. The van der Waals surface area contributed by atoms with E-state index >= 15 is 0 Å². The number of para-hydroxylation sites is 1. The second-order valence-corrected chi connectivity index (χ2v) is 6.91. The van der Waals surface area contributed by atoms with E-state index in [4.69, 9.17) is 4.74 Å². The van der Waals surface area contributed by atoms with Crippen LogP contribution >= 0.6 is 11.3 Å². The van der Waals surface area contributed by atoms with Gasteiger partial charge in [0, 0.05) is 6.54 Å². The lowest BCUT2D eigenvalue weighted by atomic mass is 10.2. The maximum atomic E-state index is 5.91. The fourth-order valence-electron chi connectivity index (χ4n) is 2.65. The number of nitrogens with zero attached hydrogens (tertiary/aromatic N) is 2. The van der Waals surface area contributed by atoms with Crippen molar-refractivity contribution in [3.8, 4) is 10.9 Å². The van der Waals surface area contributed by atoms with Gasteiger partial charge < -0.3 is 4.74 Å². The fourth-order valence-corrected chi connectivity index (χ4v) is 3.48. The number of hydrogen-bond acceptors (Lipinski definition) is 4. The van der Waals surface area contributed by atoms with Crippen LogP contribution < -0.4 is 4.74 Å². The van der Waals surface area contributed by atoms with Gasteiger partial charge >= 0.3 is 0 Å². The number of rotatable bonds is 8. The van der Waals surface area contributed by atoms with Crippen LogP contribution in [0.15, 0.2) is 48.5 Å². The van der Waals surface area contributed by atoms with Crippen molar-refractivity contribution in [1.29, 1.82) is 0 Å². The van der Waals surface area contributed by atoms with Crippen molar-refractivity contribution >= 4 is 21.6 Å². The normalized spacial score (nSPS) is 11.3. The zero-order valence-corrected chi connectivity index (χ0v) is 15.2. The molecule has 3 rings (SSSR count). The first kappa shape index (κ1) is 16.9. The maximum absolute atomic E-state index is 5.91. The summed E-state index contributed by atoms with van der Waals surface area (Å²) in [5.41, 5.74) is 2.31. The van der Waals surface area contributed by atoms with E-state index in [1.165, 1.54) is 18.4 Å². The van der Waals surface area contributed by atoms with Gasteiger partial charge in [-0.25, -0.2) is 4.98 Å². The minimum atomic E-state index is 0.696. The van der Waals surface area contributed by atoms with Crippen molar-refractivity contribution < 1.29 is 4.74 Å². The van der Waals surface area contributed by atoms with Crippen LogP contribution in [0.2, 0.25) is 0 Å². The van der Waals surface area contributed by atoms with Crippen LogP contribution in [0.4, 0.5) is 0 Å². The van der Waals surface area contributed by atoms with Crippen molar-refractivity contribution in [3.63, 3.8) is 0 Å². The highest BCUT2D eigenvalue weighted by molar-refractivity contribution is 7.20. The number of hydrogen-bond donors (Lipinski definition) is 0. The van der Waals surface area contributed by atoms with Gasteiger partial charge in [0.25, 0.3) is 5.19 Å². The molecule has 24 heavy (non-hydrogen) atoms. The molecule has 0 N–H and O–H groups in total. The van der Waals surface area contributed by atoms with Crippen LogP contribution in [-0.2, 0) is 6.54 Å². The summed E-state index contributed by atoms with van der Waals surface area (Å²) >= 11 is 1.58. The summed E-state index contributed by atoms with van der Waals surface area (Å²) in [4.78, 5) is 6.99. The third-order valence-electron chi connectivity index (χ3n) is 4.08. The number of benzene rings is 2. The Morgan fingerprint density at radius 1 is 1.04 bits per heavy atom. The molecule has 0 bridgehead atoms. The van der Waals surface area contributed by atoms with Crippen molar-refractivity contribution in [2.45, 2.75) is 33.2 Å². The number of ether oxygens (including phenoxy) is 1. The third-order valence-corrected chi connectivity index (χ3v) is 5.00. The molecule has 2 aromatic carbocycles. The minimum Gasteiger partial charge on any atom is -0.431 e. The van der Waals surface area contributed by atoms with Crippen LogP contribution in [0.1, 0.15) is 32.3 Å². The average Bonchev–Trinajstić information content (AvgIpc) is 3.02. The summed E-state index contributed by atoms with van der Waals surface area (Å²) in [5, 5.41) is 0.696. The van der Waals surface area contributed by atoms with Gasteiger partial charge in [-0.15, -0.1) is 0 Å². The quantitative estimate of drug-likeness (QED) is 0.525. The number of thiazole rings is 1. The number of unbranched alkanes of at least 4 members (excludes halogenated alkanes) is 1. The summed E-state index contributed by atoms with van der Waals surface area (Å²) in [5.74, 6) is 0.842. The predicted octanol–water partition coefficient (Wildman–Crippen LogP) is 5.71. The maximum Gasteiger partial charge on any atom is 0.279 e. The molecule has 126 valence electrons. The molecule has 1 heterocycles. The lowest BCUT2D eigenvalue weighted by Crippen LogP contribution is -2.23. The SMILES string of the molecule is CCCCN(CC)Cc1ccc(Oc2nc3ccccc3s2)cc1. The largest absolute Gasteiger partial charge is 0.431 e. The molecule has 0 radical (unpaired) electrons. The lowest BCUT2D eigenvalue weighted by Gasteiger charge is -2.20. The number of aromatic nitrogens is 1. The average molecular weight is 340 g/mol. The van der Waals surface area contributed by atoms with Crippen molar-refractivity contribution in [3.05, 3.63) is 54.1 Å². The van der Waals surface area contributed by atoms with Gasteiger partial charge in [0.15, 0.2) is 0 Å². The second kappa shape index (κ2) is 8.27. The molecule has 3 nitrogen and oxygen atoms in total. The van der Waals surface area contributed by atoms with E-state index in [-0.39, 0.29) is 0 Å². The topological polar surface area (TPSA) is 25.4 Å². The third kappa shape index (κ3) is 4.34. The molecule has 0 unspecified atom stereocenters. The Kier molecular flexibility index (Phi) is 5.83. The van der Waals surface area contributed by atoms with Gasteiger partial charge in [-0.2, -0.15) is 0 Å². The Balaban J connectivity index is 1.63. The standard InChI is InChI=1S/C20H24N2OS/c1-3-5-14-22(4-2)15-16-10-12-17(13-11-16)23-20-21-18-8-6-7-9-19(18)24-20/h6-13H,3-5,14-15H2,1-2H3. The van der Waals surface area contributed by atoms with Crippen molar-refractivity contribution in [2.75, 3.05) is 13.1 Å². The summed E-state index contributed by atoms with van der Waals surface area (Å²) in [6, 6.07) is 16.5. The van der Waals surface area contributed by atoms with E-state index in [9.17, 15) is 0 Å². The molecule has 0 aliphatic heterocycles. The van der Waals surface area contributed by atoms with E-state index in [0.29, 0.717) is 5.19 Å². The van der Waals surface area contributed by atoms with Crippen LogP contribution in [0.5, 0.6) is 10.9 Å². The highest BCUT2D eigenvalue weighted by Gasteiger charge is 2.07. The molecule has 0 aliphatic carbocycles. The van der Waals surface area contributed by atoms with Gasteiger partial charge in [0.2, 0.25) is 0 Å². The first-order valence-electron chi connectivity index (χ1n) is 8.63. The summed E-state index contributed by atoms with van der Waals surface area (Å²) < 4.78 is 7.06. The Hall–Kier alpha value is -1.91. The van der Waals surface area contributed by atoms with Crippen LogP contribution in [0.25, 0.3) is 10.2 Å². The fraction of sp³-hybridized carbons (Fsp3) is 0.350. The first-order chi connectivity index (χ1) is 11.8. The molecule has 3 aromatic rings. The Bertz CT molecular complexity index is 734. The van der Waals surface area contributed by atoms with Crippen LogP contribution in [-0.4, -0.2) is 23.0 Å². The first-order valence-corrected chi connectivity index (χ1v) is 9.45. The van der Waals surface area contributed by atoms with Crippen molar-refractivity contribution in [2.24, 2.45) is 0 Å². The summed E-state index contributed by atoms with van der Waals surface area (Å²) in [6.45, 7) is 7.71.